The Balaban J connectivity index is 1.65. The standard InChI is InChI=1S/C17H21N3O/c1-17(2)9-8-14(12-17)19-16(21)13-4-6-15(7-5-13)20-11-3-10-18-20/h3-7,10-11,14H,8-9,12H2,1-2H3,(H,19,21). The fourth-order valence-electron chi connectivity index (χ4n) is 3.02. The van der Waals surface area contributed by atoms with E-state index in [4.69, 9.17) is 0 Å². The van der Waals surface area contributed by atoms with Gasteiger partial charge in [-0.3, -0.25) is 4.79 Å². The predicted octanol–water partition coefficient (Wildman–Crippen LogP) is 3.18. The summed E-state index contributed by atoms with van der Waals surface area (Å²) in [6.07, 6.45) is 6.93. The first-order chi connectivity index (χ1) is 10.0. The second-order valence-corrected chi connectivity index (χ2v) is 6.57. The lowest BCUT2D eigenvalue weighted by Crippen LogP contribution is -2.33. The van der Waals surface area contributed by atoms with Gasteiger partial charge in [0.05, 0.1) is 5.69 Å². The van der Waals surface area contributed by atoms with E-state index in [0.29, 0.717) is 17.0 Å². The molecular weight excluding hydrogens is 262 g/mol. The van der Waals surface area contributed by atoms with Crippen LogP contribution in [-0.2, 0) is 0 Å². The molecule has 4 heteroatoms. The largest absolute Gasteiger partial charge is 0.349 e. The van der Waals surface area contributed by atoms with Crippen molar-refractivity contribution in [3.63, 3.8) is 0 Å². The maximum Gasteiger partial charge on any atom is 0.251 e. The molecule has 1 aliphatic carbocycles. The molecule has 4 nitrogen and oxygen atoms in total. The van der Waals surface area contributed by atoms with E-state index in [1.165, 1.54) is 6.42 Å². The lowest BCUT2D eigenvalue weighted by atomic mass is 9.92. The monoisotopic (exact) mass is 283 g/mol. The van der Waals surface area contributed by atoms with Gasteiger partial charge in [-0.25, -0.2) is 4.68 Å². The van der Waals surface area contributed by atoms with Crippen molar-refractivity contribution in [2.45, 2.75) is 39.2 Å². The first-order valence-corrected chi connectivity index (χ1v) is 7.44. The van der Waals surface area contributed by atoms with Crippen molar-refractivity contribution in [3.8, 4) is 5.69 Å². The second kappa shape index (κ2) is 5.35. The predicted molar refractivity (Wildman–Crippen MR) is 82.5 cm³/mol. The Kier molecular flexibility index (Phi) is 3.53. The van der Waals surface area contributed by atoms with Crippen molar-refractivity contribution in [1.82, 2.24) is 15.1 Å². The molecular formula is C17H21N3O. The van der Waals surface area contributed by atoms with Crippen molar-refractivity contribution in [2.24, 2.45) is 5.41 Å². The van der Waals surface area contributed by atoms with Gasteiger partial charge in [-0.15, -0.1) is 0 Å². The molecule has 1 aromatic carbocycles. The summed E-state index contributed by atoms with van der Waals surface area (Å²) in [6, 6.07) is 9.72. The minimum Gasteiger partial charge on any atom is -0.349 e. The molecule has 1 saturated carbocycles. The number of carbonyl (C=O) groups excluding carboxylic acids is 1. The molecule has 1 fully saturated rings. The number of hydrogen-bond donors (Lipinski definition) is 1. The molecule has 0 bridgehead atoms. The number of nitrogens with one attached hydrogen (secondary N) is 1. The average molecular weight is 283 g/mol. The molecule has 0 radical (unpaired) electrons. The number of nitrogens with zero attached hydrogens (tertiary/aromatic N) is 2. The van der Waals surface area contributed by atoms with Gasteiger partial charge in [0.1, 0.15) is 0 Å². The van der Waals surface area contributed by atoms with Gasteiger partial charge >= 0.3 is 0 Å². The van der Waals surface area contributed by atoms with Crippen LogP contribution in [-0.4, -0.2) is 21.7 Å². The minimum atomic E-state index is 0.0183. The molecule has 0 saturated heterocycles. The Morgan fingerprint density at radius 1 is 1.33 bits per heavy atom. The Labute approximate surface area is 125 Å². The van der Waals surface area contributed by atoms with E-state index >= 15 is 0 Å². The van der Waals surface area contributed by atoms with Gasteiger partial charge in [-0.1, -0.05) is 13.8 Å². The number of rotatable bonds is 3. The number of amides is 1. The molecule has 110 valence electrons. The molecule has 1 N–H and O–H groups in total. The minimum absolute atomic E-state index is 0.0183. The molecule has 1 unspecified atom stereocenters. The zero-order valence-electron chi connectivity index (χ0n) is 12.5. The molecule has 1 aliphatic rings. The quantitative estimate of drug-likeness (QED) is 0.940. The highest BCUT2D eigenvalue weighted by Crippen LogP contribution is 2.36. The summed E-state index contributed by atoms with van der Waals surface area (Å²) < 4.78 is 1.78. The van der Waals surface area contributed by atoms with Gasteiger partial charge in [0, 0.05) is 24.0 Å². The number of aromatic nitrogens is 2. The maximum absolute atomic E-state index is 12.3. The van der Waals surface area contributed by atoms with Gasteiger partial charge in [0.2, 0.25) is 0 Å². The Bertz CT molecular complexity index is 614. The third-order valence-electron chi connectivity index (χ3n) is 4.20. The van der Waals surface area contributed by atoms with Gasteiger partial charge in [-0.05, 0) is 55.0 Å². The van der Waals surface area contributed by atoms with Crippen molar-refractivity contribution in [1.29, 1.82) is 0 Å². The molecule has 3 rings (SSSR count). The molecule has 1 amide bonds. The summed E-state index contributed by atoms with van der Waals surface area (Å²) >= 11 is 0. The summed E-state index contributed by atoms with van der Waals surface area (Å²) in [4.78, 5) is 12.3. The van der Waals surface area contributed by atoms with Crippen LogP contribution in [0.1, 0.15) is 43.5 Å². The van der Waals surface area contributed by atoms with Crippen molar-refractivity contribution < 1.29 is 4.79 Å². The van der Waals surface area contributed by atoms with Crippen LogP contribution in [0, 0.1) is 5.41 Å². The van der Waals surface area contributed by atoms with Crippen LogP contribution in [0.2, 0.25) is 0 Å². The van der Waals surface area contributed by atoms with Crippen molar-refractivity contribution in [2.75, 3.05) is 0 Å². The van der Waals surface area contributed by atoms with Gasteiger partial charge in [0.25, 0.3) is 5.91 Å². The summed E-state index contributed by atoms with van der Waals surface area (Å²) in [6.45, 7) is 4.52. The SMILES string of the molecule is CC1(C)CCC(NC(=O)c2ccc(-n3cccn3)cc2)C1. The van der Waals surface area contributed by atoms with E-state index in [2.05, 4.69) is 24.3 Å². The molecule has 0 spiro atoms. The van der Waals surface area contributed by atoms with E-state index in [1.54, 1.807) is 10.9 Å². The highest BCUT2D eigenvalue weighted by molar-refractivity contribution is 5.94. The number of carbonyl (C=O) groups is 1. The highest BCUT2D eigenvalue weighted by Gasteiger charge is 2.31. The number of hydrogen-bond acceptors (Lipinski definition) is 2. The molecule has 2 aromatic rings. The van der Waals surface area contributed by atoms with E-state index in [0.717, 1.165) is 18.5 Å². The summed E-state index contributed by atoms with van der Waals surface area (Å²) in [5, 5.41) is 7.32. The third-order valence-corrected chi connectivity index (χ3v) is 4.20. The summed E-state index contributed by atoms with van der Waals surface area (Å²) in [5.41, 5.74) is 2.01. The van der Waals surface area contributed by atoms with Crippen LogP contribution >= 0.6 is 0 Å². The Morgan fingerprint density at radius 3 is 2.67 bits per heavy atom. The fraction of sp³-hybridized carbons (Fsp3) is 0.412. The molecule has 1 atom stereocenters. The van der Waals surface area contributed by atoms with Gasteiger partial charge in [-0.2, -0.15) is 5.10 Å². The number of benzene rings is 1. The Morgan fingerprint density at radius 2 is 2.10 bits per heavy atom. The topological polar surface area (TPSA) is 46.9 Å². The smallest absolute Gasteiger partial charge is 0.251 e. The summed E-state index contributed by atoms with van der Waals surface area (Å²) in [5.74, 6) is 0.0183. The van der Waals surface area contributed by atoms with Crippen LogP contribution in [0.25, 0.3) is 5.69 Å². The van der Waals surface area contributed by atoms with Crippen LogP contribution in [0.4, 0.5) is 0 Å². The highest BCUT2D eigenvalue weighted by atomic mass is 16.1. The summed E-state index contributed by atoms with van der Waals surface area (Å²) in [7, 11) is 0. The van der Waals surface area contributed by atoms with Gasteiger partial charge in [0.15, 0.2) is 0 Å². The maximum atomic E-state index is 12.3. The van der Waals surface area contributed by atoms with E-state index in [9.17, 15) is 4.79 Å². The molecule has 1 heterocycles. The van der Waals surface area contributed by atoms with Crippen LogP contribution in [0.3, 0.4) is 0 Å². The normalized spacial score (nSPS) is 20.4. The van der Waals surface area contributed by atoms with E-state index < -0.39 is 0 Å². The van der Waals surface area contributed by atoms with Gasteiger partial charge < -0.3 is 5.32 Å². The third kappa shape index (κ3) is 3.15. The lowest BCUT2D eigenvalue weighted by Gasteiger charge is -2.18. The molecule has 21 heavy (non-hydrogen) atoms. The molecule has 0 aliphatic heterocycles. The van der Waals surface area contributed by atoms with E-state index in [1.807, 2.05) is 36.5 Å². The lowest BCUT2D eigenvalue weighted by molar-refractivity contribution is 0.0936. The molecule has 1 aromatic heterocycles. The van der Waals surface area contributed by atoms with Crippen LogP contribution < -0.4 is 5.32 Å². The van der Waals surface area contributed by atoms with E-state index in [-0.39, 0.29) is 5.91 Å². The van der Waals surface area contributed by atoms with Crippen molar-refractivity contribution in [3.05, 3.63) is 48.3 Å². The first-order valence-electron chi connectivity index (χ1n) is 7.44. The average Bonchev–Trinajstić information content (AvgIpc) is 3.09. The fourth-order valence-corrected chi connectivity index (χ4v) is 3.02. The zero-order valence-corrected chi connectivity index (χ0v) is 12.5. The first kappa shape index (κ1) is 13.9. The van der Waals surface area contributed by atoms with Crippen LogP contribution in [0.15, 0.2) is 42.7 Å². The zero-order chi connectivity index (χ0) is 14.9. The van der Waals surface area contributed by atoms with Crippen LogP contribution in [0.5, 0.6) is 0 Å². The Hall–Kier alpha value is -2.10. The second-order valence-electron chi connectivity index (χ2n) is 6.57. The van der Waals surface area contributed by atoms with Crippen molar-refractivity contribution >= 4 is 5.91 Å².